The van der Waals surface area contributed by atoms with Gasteiger partial charge in [0.25, 0.3) is 0 Å². The monoisotopic (exact) mass is 371 g/mol. The summed E-state index contributed by atoms with van der Waals surface area (Å²) in [6.07, 6.45) is 0. The number of aromatic nitrogens is 1. The Hall–Kier alpha value is -3.09. The van der Waals surface area contributed by atoms with Gasteiger partial charge in [0.2, 0.25) is 0 Å². The summed E-state index contributed by atoms with van der Waals surface area (Å²) in [4.78, 5) is 37.2. The zero-order valence-corrected chi connectivity index (χ0v) is 15.7. The second kappa shape index (κ2) is 7.26. The molecule has 0 aliphatic carbocycles. The van der Waals surface area contributed by atoms with Gasteiger partial charge in [-0.15, -0.1) is 0 Å². The van der Waals surface area contributed by atoms with Crippen LogP contribution in [0, 0.1) is 6.92 Å². The van der Waals surface area contributed by atoms with E-state index in [0.717, 1.165) is 5.52 Å². The largest absolute Gasteiger partial charge is 0.465 e. The molecule has 0 unspecified atom stereocenters. The van der Waals surface area contributed by atoms with Crippen molar-refractivity contribution < 1.29 is 28.6 Å². The van der Waals surface area contributed by atoms with E-state index in [1.165, 1.54) is 7.11 Å². The summed E-state index contributed by atoms with van der Waals surface area (Å²) in [7, 11) is 1.33. The molecule has 0 aromatic carbocycles. The van der Waals surface area contributed by atoms with Gasteiger partial charge in [-0.05, 0) is 44.5 Å². The minimum absolute atomic E-state index is 0.157. The quantitative estimate of drug-likeness (QED) is 0.376. The fourth-order valence-corrected chi connectivity index (χ4v) is 3.49. The van der Waals surface area contributed by atoms with Gasteiger partial charge in [0.1, 0.15) is 0 Å². The van der Waals surface area contributed by atoms with Crippen molar-refractivity contribution in [1.82, 2.24) is 4.40 Å². The lowest BCUT2D eigenvalue weighted by Crippen LogP contribution is -2.26. The maximum atomic E-state index is 12.6. The minimum Gasteiger partial charge on any atom is -0.465 e. The van der Waals surface area contributed by atoms with E-state index < -0.39 is 23.8 Å². The molecular weight excluding hydrogens is 350 g/mol. The van der Waals surface area contributed by atoms with E-state index in [1.54, 1.807) is 38.1 Å². The Morgan fingerprint density at radius 2 is 1.59 bits per heavy atom. The molecule has 7 nitrogen and oxygen atoms in total. The fraction of sp³-hybridized carbons (Fsp3) is 0.350. The molecule has 27 heavy (non-hydrogen) atoms. The molecule has 142 valence electrons. The maximum absolute atomic E-state index is 12.6. The molecule has 0 aliphatic rings. The lowest BCUT2D eigenvalue weighted by atomic mass is 9.95. The first-order valence-electron chi connectivity index (χ1n) is 8.73. The lowest BCUT2D eigenvalue weighted by molar-refractivity contribution is -0.156. The average molecular weight is 371 g/mol. The molecule has 0 aliphatic heterocycles. The highest BCUT2D eigenvalue weighted by Gasteiger charge is 2.36. The van der Waals surface area contributed by atoms with Crippen LogP contribution in [0.4, 0.5) is 0 Å². The van der Waals surface area contributed by atoms with Crippen molar-refractivity contribution in [2.75, 3.05) is 20.3 Å². The standard InChI is InChI=1S/C20H21NO6/c1-5-26-19(23)17(20(24)27-6-2)16-11(3)15-10-12(18(22)25-4)13-8-7-9-14(16)21(13)15/h7-10,17H,5-6H2,1-4H3. The summed E-state index contributed by atoms with van der Waals surface area (Å²) in [5.74, 6) is -2.93. The average Bonchev–Trinajstić information content (AvgIpc) is 3.16. The topological polar surface area (TPSA) is 83.3 Å². The number of methoxy groups -OCH3 is 1. The summed E-state index contributed by atoms with van der Waals surface area (Å²) in [5.41, 5.74) is 3.71. The molecule has 3 aromatic rings. The van der Waals surface area contributed by atoms with Crippen LogP contribution in [0.3, 0.4) is 0 Å². The van der Waals surface area contributed by atoms with Crippen molar-refractivity contribution >= 4 is 34.5 Å². The van der Waals surface area contributed by atoms with E-state index in [0.29, 0.717) is 27.7 Å². The normalized spacial score (nSPS) is 11.3. The van der Waals surface area contributed by atoms with Gasteiger partial charge in [-0.1, -0.05) is 6.07 Å². The van der Waals surface area contributed by atoms with Crippen LogP contribution >= 0.6 is 0 Å². The molecule has 7 heteroatoms. The third-order valence-electron chi connectivity index (χ3n) is 4.59. The van der Waals surface area contributed by atoms with E-state index in [1.807, 2.05) is 11.3 Å². The van der Waals surface area contributed by atoms with Gasteiger partial charge in [0.05, 0.1) is 42.4 Å². The van der Waals surface area contributed by atoms with Crippen LogP contribution in [0.25, 0.3) is 16.6 Å². The number of rotatable bonds is 6. The first kappa shape index (κ1) is 18.7. The summed E-state index contributed by atoms with van der Waals surface area (Å²) in [5, 5.41) is 0. The SMILES string of the molecule is CCOC(=O)C(C(=O)OCC)c1c(C)c2cc(C(=O)OC)c3cccc1n32. The lowest BCUT2D eigenvalue weighted by Gasteiger charge is -2.15. The molecule has 0 fully saturated rings. The van der Waals surface area contributed by atoms with Gasteiger partial charge in [0.15, 0.2) is 5.92 Å². The van der Waals surface area contributed by atoms with Crippen LogP contribution in [-0.2, 0) is 23.8 Å². The number of ether oxygens (including phenoxy) is 3. The van der Waals surface area contributed by atoms with Crippen LogP contribution in [-0.4, -0.2) is 42.6 Å². The van der Waals surface area contributed by atoms with E-state index >= 15 is 0 Å². The summed E-state index contributed by atoms with van der Waals surface area (Å²) in [6, 6.07) is 7.07. The van der Waals surface area contributed by atoms with Crippen molar-refractivity contribution in [3.63, 3.8) is 0 Å². The maximum Gasteiger partial charge on any atom is 0.340 e. The number of carbonyl (C=O) groups is 3. The van der Waals surface area contributed by atoms with Crippen LogP contribution in [0.1, 0.15) is 41.3 Å². The highest BCUT2D eigenvalue weighted by Crippen LogP contribution is 2.36. The minimum atomic E-state index is -1.18. The number of nitrogens with zero attached hydrogens (tertiary/aromatic N) is 1. The third kappa shape index (κ3) is 2.89. The first-order chi connectivity index (χ1) is 13.0. The predicted molar refractivity (Wildman–Crippen MR) is 98.2 cm³/mol. The number of aryl methyl sites for hydroxylation is 1. The zero-order chi connectivity index (χ0) is 19.7. The number of pyridine rings is 1. The van der Waals surface area contributed by atoms with Crippen molar-refractivity contribution in [1.29, 1.82) is 0 Å². The number of hydrogen-bond acceptors (Lipinski definition) is 6. The van der Waals surface area contributed by atoms with Crippen molar-refractivity contribution in [3.8, 4) is 0 Å². The predicted octanol–water partition coefficient (Wildman–Crippen LogP) is 2.84. The Morgan fingerprint density at radius 3 is 2.15 bits per heavy atom. The molecule has 3 heterocycles. The molecule has 0 saturated heterocycles. The zero-order valence-electron chi connectivity index (χ0n) is 15.7. The third-order valence-corrected chi connectivity index (χ3v) is 4.59. The summed E-state index contributed by atoms with van der Waals surface area (Å²) < 4.78 is 17.0. The van der Waals surface area contributed by atoms with Gasteiger partial charge < -0.3 is 18.6 Å². The molecular formula is C20H21NO6. The Labute approximate surface area is 156 Å². The molecule has 0 radical (unpaired) electrons. The van der Waals surface area contributed by atoms with Gasteiger partial charge in [-0.2, -0.15) is 0 Å². The van der Waals surface area contributed by atoms with Crippen LogP contribution in [0.15, 0.2) is 24.3 Å². The molecule has 0 spiro atoms. The van der Waals surface area contributed by atoms with Gasteiger partial charge >= 0.3 is 17.9 Å². The van der Waals surface area contributed by atoms with Crippen LogP contribution < -0.4 is 0 Å². The van der Waals surface area contributed by atoms with E-state index in [9.17, 15) is 14.4 Å². The molecule has 0 N–H and O–H groups in total. The van der Waals surface area contributed by atoms with Crippen molar-refractivity contribution in [2.45, 2.75) is 26.7 Å². The molecule has 0 amide bonds. The summed E-state index contributed by atoms with van der Waals surface area (Å²) >= 11 is 0. The highest BCUT2D eigenvalue weighted by molar-refractivity contribution is 6.07. The Kier molecular flexibility index (Phi) is 5.03. The number of hydrogen-bond donors (Lipinski definition) is 0. The van der Waals surface area contributed by atoms with E-state index in [2.05, 4.69) is 0 Å². The Morgan fingerprint density at radius 1 is 1.00 bits per heavy atom. The second-order valence-electron chi connectivity index (χ2n) is 6.04. The first-order valence-corrected chi connectivity index (χ1v) is 8.73. The van der Waals surface area contributed by atoms with Crippen molar-refractivity contribution in [3.05, 3.63) is 41.0 Å². The van der Waals surface area contributed by atoms with Crippen molar-refractivity contribution in [2.24, 2.45) is 0 Å². The summed E-state index contributed by atoms with van der Waals surface area (Å²) in [6.45, 7) is 5.49. The molecule has 0 saturated carbocycles. The molecule has 3 aromatic heterocycles. The smallest absolute Gasteiger partial charge is 0.340 e. The van der Waals surface area contributed by atoms with Gasteiger partial charge in [-0.3, -0.25) is 9.59 Å². The van der Waals surface area contributed by atoms with Crippen LogP contribution in [0.5, 0.6) is 0 Å². The van der Waals surface area contributed by atoms with E-state index in [4.69, 9.17) is 14.2 Å². The van der Waals surface area contributed by atoms with Gasteiger partial charge in [0, 0.05) is 5.56 Å². The Balaban J connectivity index is 2.27. The molecule has 0 bridgehead atoms. The Bertz CT molecular complexity index is 1000. The van der Waals surface area contributed by atoms with E-state index in [-0.39, 0.29) is 13.2 Å². The van der Waals surface area contributed by atoms with Gasteiger partial charge in [-0.25, -0.2) is 4.79 Å². The number of esters is 3. The molecule has 3 rings (SSSR count). The number of carbonyl (C=O) groups excluding carboxylic acids is 3. The highest BCUT2D eigenvalue weighted by atomic mass is 16.6. The van der Waals surface area contributed by atoms with Crippen LogP contribution in [0.2, 0.25) is 0 Å². The second-order valence-corrected chi connectivity index (χ2v) is 6.04. The fourth-order valence-electron chi connectivity index (χ4n) is 3.49. The molecule has 0 atom stereocenters.